The number of aromatic nitrogens is 4. The first kappa shape index (κ1) is 30.2. The van der Waals surface area contributed by atoms with Gasteiger partial charge in [0.05, 0.1) is 36.9 Å². The molecule has 5 heterocycles. The summed E-state index contributed by atoms with van der Waals surface area (Å²) < 4.78 is 67.0. The first-order valence-electron chi connectivity index (χ1n) is 14.4. The molecule has 12 nitrogen and oxygen atoms in total. The second-order valence-corrected chi connectivity index (χ2v) is 13.2. The highest BCUT2D eigenvalue weighted by Crippen LogP contribution is 2.38. The van der Waals surface area contributed by atoms with Crippen molar-refractivity contribution in [3.63, 3.8) is 0 Å². The van der Waals surface area contributed by atoms with E-state index in [-0.39, 0.29) is 28.2 Å². The molecule has 236 valence electrons. The minimum Gasteiger partial charge on any atom is -0.482 e. The number of aryl methyl sites for hydroxylation is 1. The topological polar surface area (TPSA) is 132 Å². The van der Waals surface area contributed by atoms with Gasteiger partial charge < -0.3 is 24.7 Å². The Morgan fingerprint density at radius 2 is 1.95 bits per heavy atom. The number of alkyl halides is 2. The number of halogens is 2. The van der Waals surface area contributed by atoms with Gasteiger partial charge in [0.2, 0.25) is 10.0 Å². The zero-order chi connectivity index (χ0) is 31.3. The number of amides is 1. The van der Waals surface area contributed by atoms with Crippen molar-refractivity contribution in [3.8, 4) is 17.3 Å². The van der Waals surface area contributed by atoms with Crippen molar-refractivity contribution in [1.29, 1.82) is 0 Å². The fourth-order valence-electron chi connectivity index (χ4n) is 5.91. The van der Waals surface area contributed by atoms with Crippen LogP contribution in [0.1, 0.15) is 35.3 Å². The quantitative estimate of drug-likeness (QED) is 0.255. The maximum Gasteiger partial charge on any atom is 0.329 e. The highest BCUT2D eigenvalue weighted by Gasteiger charge is 2.31. The van der Waals surface area contributed by atoms with Crippen LogP contribution in [0.5, 0.6) is 5.88 Å². The van der Waals surface area contributed by atoms with Crippen LogP contribution in [-0.2, 0) is 21.3 Å². The molecule has 4 aromatic heterocycles. The van der Waals surface area contributed by atoms with Crippen LogP contribution in [0.4, 0.5) is 14.6 Å². The Morgan fingerprint density at radius 1 is 1.18 bits per heavy atom. The third-order valence-electron chi connectivity index (χ3n) is 8.30. The van der Waals surface area contributed by atoms with E-state index in [1.165, 1.54) is 13.2 Å². The molecule has 15 heteroatoms. The van der Waals surface area contributed by atoms with E-state index in [9.17, 15) is 22.0 Å². The maximum absolute atomic E-state index is 13.8. The molecule has 1 aliphatic heterocycles. The van der Waals surface area contributed by atoms with E-state index in [1.54, 1.807) is 25.3 Å². The molecule has 44 heavy (non-hydrogen) atoms. The lowest BCUT2D eigenvalue weighted by atomic mass is 10.0. The first-order valence-corrected chi connectivity index (χ1v) is 16.2. The van der Waals surface area contributed by atoms with Crippen LogP contribution >= 0.6 is 0 Å². The smallest absolute Gasteiger partial charge is 0.329 e. The van der Waals surface area contributed by atoms with Crippen molar-refractivity contribution < 1.29 is 31.5 Å². The van der Waals surface area contributed by atoms with Crippen molar-refractivity contribution in [2.75, 3.05) is 37.9 Å². The number of imidazole rings is 1. The van der Waals surface area contributed by atoms with Crippen LogP contribution in [0.25, 0.3) is 28.1 Å². The Kier molecular flexibility index (Phi) is 7.96. The highest BCUT2D eigenvalue weighted by atomic mass is 32.2. The summed E-state index contributed by atoms with van der Waals surface area (Å²) in [6.45, 7) is 0.579. The number of hydrogen-bond acceptors (Lipinski definition) is 8. The molecule has 2 aliphatic rings. The van der Waals surface area contributed by atoms with Gasteiger partial charge in [-0.2, -0.15) is 13.1 Å². The van der Waals surface area contributed by atoms with Crippen LogP contribution in [0.3, 0.4) is 0 Å². The molecule has 1 aliphatic carbocycles. The number of sulfonamides is 1. The summed E-state index contributed by atoms with van der Waals surface area (Å²) in [6.07, 6.45) is 3.44. The standard InChI is InChI=1S/C29H35F2N7O5S/c1-16-26(34-24-12-19(13-25(43-3)37(16)24)28(39)33-20-14-32-10-9-22(20)42-2)21-11-18-7-8-23(38(29(30)31)44(4,40)41)35-27(18)36(21)15-17-5-6-17/h7-8,11-13,17,20,22,29,32H,5-6,9-10,14-15H2,1-4H3,(H,33,39)/t20-,22-/m0/s1. The Labute approximate surface area is 253 Å². The van der Waals surface area contributed by atoms with Crippen molar-refractivity contribution in [2.24, 2.45) is 5.92 Å². The van der Waals surface area contributed by atoms with Gasteiger partial charge in [-0.05, 0) is 62.9 Å². The number of anilines is 1. The minimum absolute atomic E-state index is 0.0202. The molecular weight excluding hydrogens is 596 g/mol. The molecule has 6 rings (SSSR count). The fraction of sp³-hybridized carbons (Fsp3) is 0.483. The van der Waals surface area contributed by atoms with Gasteiger partial charge in [0.15, 0.2) is 5.88 Å². The molecule has 0 spiro atoms. The minimum atomic E-state index is -4.27. The number of nitrogens with one attached hydrogen (secondary N) is 2. The zero-order valence-corrected chi connectivity index (χ0v) is 25.7. The van der Waals surface area contributed by atoms with Gasteiger partial charge in [-0.3, -0.25) is 9.20 Å². The SMILES string of the molecule is COc1cc(C(=O)N[C@H]2CNCC[C@@H]2OC)cc2nc(-c3cc4ccc(N(C(F)F)S(C)(=O)=O)nc4n3CC3CC3)c(C)n12. The third-order valence-corrected chi connectivity index (χ3v) is 9.36. The maximum atomic E-state index is 13.8. The molecule has 1 saturated carbocycles. The van der Waals surface area contributed by atoms with E-state index >= 15 is 0 Å². The number of fused-ring (bicyclic) bond motifs is 2. The van der Waals surface area contributed by atoms with Crippen molar-refractivity contribution in [3.05, 3.63) is 41.6 Å². The van der Waals surface area contributed by atoms with Crippen molar-refractivity contribution in [1.82, 2.24) is 29.6 Å². The van der Waals surface area contributed by atoms with Crippen LogP contribution in [-0.4, -0.2) is 85.5 Å². The number of nitrogens with zero attached hydrogens (tertiary/aromatic N) is 5. The van der Waals surface area contributed by atoms with Crippen molar-refractivity contribution in [2.45, 2.75) is 51.4 Å². The number of piperidine rings is 1. The summed E-state index contributed by atoms with van der Waals surface area (Å²) in [5.41, 5.74) is 3.30. The highest BCUT2D eigenvalue weighted by molar-refractivity contribution is 7.92. The number of hydrogen-bond donors (Lipinski definition) is 2. The fourth-order valence-corrected chi connectivity index (χ4v) is 6.64. The van der Waals surface area contributed by atoms with Crippen LogP contribution in [0.15, 0.2) is 30.3 Å². The predicted molar refractivity (Wildman–Crippen MR) is 161 cm³/mol. The van der Waals surface area contributed by atoms with E-state index in [2.05, 4.69) is 15.6 Å². The summed E-state index contributed by atoms with van der Waals surface area (Å²) in [7, 11) is -1.11. The predicted octanol–water partition coefficient (Wildman–Crippen LogP) is 3.17. The summed E-state index contributed by atoms with van der Waals surface area (Å²) in [5, 5.41) is 7.00. The summed E-state index contributed by atoms with van der Waals surface area (Å²) in [4.78, 5) is 22.7. The Morgan fingerprint density at radius 3 is 2.61 bits per heavy atom. The molecule has 2 fully saturated rings. The average Bonchev–Trinajstić information content (AvgIpc) is 3.65. The normalized spacial score (nSPS) is 19.2. The molecule has 0 bridgehead atoms. The number of rotatable bonds is 10. The van der Waals surface area contributed by atoms with Gasteiger partial charge >= 0.3 is 6.55 Å². The Hall–Kier alpha value is -3.82. The van der Waals surface area contributed by atoms with Gasteiger partial charge in [0.1, 0.15) is 22.8 Å². The van der Waals surface area contributed by atoms with Crippen molar-refractivity contribution >= 4 is 38.4 Å². The van der Waals surface area contributed by atoms with E-state index in [0.29, 0.717) is 58.5 Å². The Balaban J connectivity index is 1.44. The number of methoxy groups -OCH3 is 2. The molecule has 1 amide bonds. The number of carbonyl (C=O) groups excluding carboxylic acids is 1. The second kappa shape index (κ2) is 11.6. The van der Waals surface area contributed by atoms with Gasteiger partial charge in [0, 0.05) is 37.2 Å². The van der Waals surface area contributed by atoms with Gasteiger partial charge in [-0.25, -0.2) is 18.4 Å². The number of pyridine rings is 2. The molecule has 4 aromatic rings. The van der Waals surface area contributed by atoms with Crippen LogP contribution < -0.4 is 19.7 Å². The molecular formula is C29H35F2N7O5S. The monoisotopic (exact) mass is 631 g/mol. The number of carbonyl (C=O) groups is 1. The summed E-state index contributed by atoms with van der Waals surface area (Å²) >= 11 is 0. The summed E-state index contributed by atoms with van der Waals surface area (Å²) in [5.74, 6) is 0.158. The van der Waals surface area contributed by atoms with E-state index in [4.69, 9.17) is 14.5 Å². The largest absolute Gasteiger partial charge is 0.482 e. The molecule has 0 unspecified atom stereocenters. The molecule has 1 saturated heterocycles. The van der Waals surface area contributed by atoms with Gasteiger partial charge in [-0.1, -0.05) is 0 Å². The van der Waals surface area contributed by atoms with Gasteiger partial charge in [-0.15, -0.1) is 0 Å². The molecule has 0 aromatic carbocycles. The molecule has 2 atom stereocenters. The lowest BCUT2D eigenvalue weighted by molar-refractivity contribution is 0.0448. The van der Waals surface area contributed by atoms with E-state index in [0.717, 1.165) is 37.8 Å². The summed E-state index contributed by atoms with van der Waals surface area (Å²) in [6, 6.07) is 7.91. The van der Waals surface area contributed by atoms with Crippen LogP contribution in [0.2, 0.25) is 0 Å². The lowest BCUT2D eigenvalue weighted by Gasteiger charge is -2.31. The van der Waals surface area contributed by atoms with Gasteiger partial charge in [0.25, 0.3) is 5.91 Å². The lowest BCUT2D eigenvalue weighted by Crippen LogP contribution is -2.54. The number of ether oxygens (including phenoxy) is 2. The second-order valence-electron chi connectivity index (χ2n) is 11.4. The third kappa shape index (κ3) is 5.59. The van der Waals surface area contributed by atoms with E-state index < -0.39 is 16.6 Å². The average molecular weight is 632 g/mol. The Bertz CT molecular complexity index is 1840. The molecule has 0 radical (unpaired) electrons. The first-order chi connectivity index (χ1) is 21.0. The van der Waals surface area contributed by atoms with E-state index in [1.807, 2.05) is 22.0 Å². The molecule has 2 N–H and O–H groups in total. The zero-order valence-electron chi connectivity index (χ0n) is 24.9. The van der Waals surface area contributed by atoms with Crippen LogP contribution in [0, 0.1) is 12.8 Å².